The van der Waals surface area contributed by atoms with E-state index >= 15 is 0 Å². The molecule has 0 aromatic heterocycles. The SMILES string of the molecule is CCOP(Cc1ccc(CP(OCC)OCC)cc1)OCC. The fourth-order valence-electron chi connectivity index (χ4n) is 1.88. The molecular weight excluding hydrogens is 318 g/mol. The molecule has 0 aliphatic heterocycles. The van der Waals surface area contributed by atoms with Crippen molar-refractivity contribution >= 4 is 16.8 Å². The zero-order valence-corrected chi connectivity index (χ0v) is 15.9. The predicted octanol–water partition coefficient (Wildman–Crippen LogP) is 5.46. The Balaban J connectivity index is 2.57. The molecule has 0 atom stereocenters. The smallest absolute Gasteiger partial charge is 0.175 e. The summed E-state index contributed by atoms with van der Waals surface area (Å²) in [5.41, 5.74) is 2.49. The van der Waals surface area contributed by atoms with Crippen molar-refractivity contribution in [1.82, 2.24) is 0 Å². The highest BCUT2D eigenvalue weighted by Gasteiger charge is 2.12. The first kappa shape index (κ1) is 20.0. The van der Waals surface area contributed by atoms with E-state index in [1.807, 2.05) is 27.7 Å². The van der Waals surface area contributed by atoms with Gasteiger partial charge in [0.1, 0.15) is 0 Å². The van der Waals surface area contributed by atoms with Crippen molar-refractivity contribution in [2.45, 2.75) is 40.0 Å². The van der Waals surface area contributed by atoms with Gasteiger partial charge in [-0.3, -0.25) is 0 Å². The van der Waals surface area contributed by atoms with Gasteiger partial charge in [-0.05, 0) is 38.8 Å². The summed E-state index contributed by atoms with van der Waals surface area (Å²) in [6.07, 6.45) is 1.67. The van der Waals surface area contributed by atoms with Crippen molar-refractivity contribution in [3.8, 4) is 0 Å². The molecule has 0 bridgehead atoms. The average molecular weight is 346 g/mol. The van der Waals surface area contributed by atoms with Gasteiger partial charge in [0.05, 0.1) is 26.4 Å². The molecule has 0 unspecified atom stereocenters. The van der Waals surface area contributed by atoms with E-state index in [2.05, 4.69) is 24.3 Å². The van der Waals surface area contributed by atoms with E-state index in [0.29, 0.717) is 26.4 Å². The van der Waals surface area contributed by atoms with Crippen molar-refractivity contribution < 1.29 is 18.1 Å². The predicted molar refractivity (Wildman–Crippen MR) is 94.2 cm³/mol. The third-order valence-electron chi connectivity index (χ3n) is 2.74. The Bertz CT molecular complexity index is 337. The molecule has 0 saturated carbocycles. The first-order valence-corrected chi connectivity index (χ1v) is 10.6. The Morgan fingerprint density at radius 3 is 1.09 bits per heavy atom. The highest BCUT2D eigenvalue weighted by molar-refractivity contribution is 7.46. The second kappa shape index (κ2) is 12.4. The lowest BCUT2D eigenvalue weighted by Crippen LogP contribution is -1.96. The van der Waals surface area contributed by atoms with Crippen molar-refractivity contribution in [3.63, 3.8) is 0 Å². The minimum Gasteiger partial charge on any atom is -0.334 e. The summed E-state index contributed by atoms with van der Waals surface area (Å²) in [6, 6.07) is 8.59. The summed E-state index contributed by atoms with van der Waals surface area (Å²) in [5, 5.41) is 0. The minimum absolute atomic E-state index is 0.691. The maximum absolute atomic E-state index is 5.65. The summed E-state index contributed by atoms with van der Waals surface area (Å²) >= 11 is 0. The molecule has 0 aliphatic rings. The highest BCUT2D eigenvalue weighted by atomic mass is 31.2. The van der Waals surface area contributed by atoms with Crippen LogP contribution in [-0.2, 0) is 30.4 Å². The van der Waals surface area contributed by atoms with E-state index in [9.17, 15) is 0 Å². The third-order valence-corrected chi connectivity index (χ3v) is 6.17. The van der Waals surface area contributed by atoms with Gasteiger partial charge in [-0.1, -0.05) is 24.3 Å². The van der Waals surface area contributed by atoms with Crippen LogP contribution < -0.4 is 0 Å². The molecule has 4 nitrogen and oxygen atoms in total. The summed E-state index contributed by atoms with van der Waals surface area (Å²) in [5.74, 6) is 0. The Kier molecular flexibility index (Phi) is 11.2. The lowest BCUT2D eigenvalue weighted by Gasteiger charge is -2.17. The molecule has 0 fully saturated rings. The molecule has 0 saturated heterocycles. The molecule has 1 rings (SSSR count). The van der Waals surface area contributed by atoms with Crippen molar-refractivity contribution in [3.05, 3.63) is 35.4 Å². The lowest BCUT2D eigenvalue weighted by molar-refractivity contribution is 0.268. The molecule has 1 aromatic rings. The number of rotatable bonds is 12. The molecule has 0 spiro atoms. The van der Waals surface area contributed by atoms with Crippen molar-refractivity contribution in [2.24, 2.45) is 0 Å². The van der Waals surface area contributed by atoms with Gasteiger partial charge in [-0.2, -0.15) is 0 Å². The van der Waals surface area contributed by atoms with Crippen LogP contribution >= 0.6 is 16.8 Å². The topological polar surface area (TPSA) is 36.9 Å². The fourth-order valence-corrected chi connectivity index (χ4v) is 4.57. The van der Waals surface area contributed by atoms with Crippen LogP contribution in [0.3, 0.4) is 0 Å². The Morgan fingerprint density at radius 1 is 0.591 bits per heavy atom. The molecule has 22 heavy (non-hydrogen) atoms. The van der Waals surface area contributed by atoms with Crippen LogP contribution in [0, 0.1) is 0 Å². The van der Waals surface area contributed by atoms with E-state index in [1.54, 1.807) is 0 Å². The third kappa shape index (κ3) is 7.97. The highest BCUT2D eigenvalue weighted by Crippen LogP contribution is 2.43. The lowest BCUT2D eigenvalue weighted by atomic mass is 10.2. The zero-order valence-electron chi connectivity index (χ0n) is 14.1. The Labute approximate surface area is 137 Å². The van der Waals surface area contributed by atoms with E-state index in [0.717, 1.165) is 12.3 Å². The first-order valence-electron chi connectivity index (χ1n) is 7.87. The van der Waals surface area contributed by atoms with E-state index < -0.39 is 16.8 Å². The molecule has 0 heterocycles. The first-order chi connectivity index (χ1) is 10.7. The van der Waals surface area contributed by atoms with Crippen LogP contribution in [0.1, 0.15) is 38.8 Å². The van der Waals surface area contributed by atoms with Gasteiger partial charge in [0.25, 0.3) is 0 Å². The van der Waals surface area contributed by atoms with Crippen LogP contribution in [-0.4, -0.2) is 26.4 Å². The molecule has 0 radical (unpaired) electrons. The van der Waals surface area contributed by atoms with Crippen molar-refractivity contribution in [1.29, 1.82) is 0 Å². The van der Waals surface area contributed by atoms with Crippen LogP contribution in [0.4, 0.5) is 0 Å². The van der Waals surface area contributed by atoms with E-state index in [4.69, 9.17) is 18.1 Å². The van der Waals surface area contributed by atoms with E-state index in [1.165, 1.54) is 11.1 Å². The fraction of sp³-hybridized carbons (Fsp3) is 0.625. The van der Waals surface area contributed by atoms with Gasteiger partial charge >= 0.3 is 0 Å². The quantitative estimate of drug-likeness (QED) is 0.471. The molecule has 0 amide bonds. The van der Waals surface area contributed by atoms with Gasteiger partial charge in [0, 0.05) is 12.3 Å². The zero-order chi connectivity index (χ0) is 16.2. The molecule has 0 aliphatic carbocycles. The summed E-state index contributed by atoms with van der Waals surface area (Å²) in [6.45, 7) is 10.8. The maximum Gasteiger partial charge on any atom is 0.175 e. The van der Waals surface area contributed by atoms with Crippen LogP contribution in [0.5, 0.6) is 0 Å². The summed E-state index contributed by atoms with van der Waals surface area (Å²) in [7, 11) is -1.64. The van der Waals surface area contributed by atoms with Crippen LogP contribution in [0.25, 0.3) is 0 Å². The summed E-state index contributed by atoms with van der Waals surface area (Å²) in [4.78, 5) is 0. The normalized spacial score (nSPS) is 11.5. The van der Waals surface area contributed by atoms with Gasteiger partial charge in [0.15, 0.2) is 16.8 Å². The minimum atomic E-state index is -0.820. The Morgan fingerprint density at radius 2 is 0.864 bits per heavy atom. The Hall–Kier alpha value is -0.0800. The molecule has 126 valence electrons. The average Bonchev–Trinajstić information content (AvgIpc) is 2.50. The number of benzene rings is 1. The van der Waals surface area contributed by atoms with Gasteiger partial charge in [-0.15, -0.1) is 0 Å². The number of hydrogen-bond donors (Lipinski definition) is 0. The molecule has 6 heteroatoms. The molecular formula is C16H28O4P2. The standard InChI is InChI=1S/C16H28O4P2/c1-5-17-21(18-6-2)13-15-9-11-16(12-10-15)14-22(19-7-3)20-8-4/h9-12H,5-8,13-14H2,1-4H3. The van der Waals surface area contributed by atoms with Crippen molar-refractivity contribution in [2.75, 3.05) is 26.4 Å². The largest absolute Gasteiger partial charge is 0.334 e. The van der Waals surface area contributed by atoms with Crippen LogP contribution in [0.2, 0.25) is 0 Å². The summed E-state index contributed by atoms with van der Waals surface area (Å²) < 4.78 is 22.6. The number of hydrogen-bond acceptors (Lipinski definition) is 4. The van der Waals surface area contributed by atoms with Gasteiger partial charge in [0.2, 0.25) is 0 Å². The van der Waals surface area contributed by atoms with Gasteiger partial charge < -0.3 is 18.1 Å². The van der Waals surface area contributed by atoms with E-state index in [-0.39, 0.29) is 0 Å². The second-order valence-electron chi connectivity index (χ2n) is 4.47. The molecule has 1 aromatic carbocycles. The van der Waals surface area contributed by atoms with Crippen LogP contribution in [0.15, 0.2) is 24.3 Å². The second-order valence-corrected chi connectivity index (χ2v) is 7.47. The molecule has 0 N–H and O–H groups in total. The maximum atomic E-state index is 5.65. The monoisotopic (exact) mass is 346 g/mol. The van der Waals surface area contributed by atoms with Gasteiger partial charge in [-0.25, -0.2) is 0 Å².